The van der Waals surface area contributed by atoms with Gasteiger partial charge in [0, 0.05) is 13.1 Å². The van der Waals surface area contributed by atoms with Crippen molar-refractivity contribution in [3.8, 4) is 0 Å². The molecule has 0 spiro atoms. The fourth-order valence-corrected chi connectivity index (χ4v) is 3.54. The summed E-state index contributed by atoms with van der Waals surface area (Å²) >= 11 is 1.27. The number of benzene rings is 1. The Labute approximate surface area is 154 Å². The van der Waals surface area contributed by atoms with Crippen molar-refractivity contribution in [3.63, 3.8) is 0 Å². The number of aromatic nitrogens is 1. The number of hydrogen-bond donors (Lipinski definition) is 2. The third-order valence-electron chi connectivity index (χ3n) is 3.90. The number of aryl methyl sites for hydroxylation is 1. The summed E-state index contributed by atoms with van der Waals surface area (Å²) in [5.74, 6) is -1.40. The summed E-state index contributed by atoms with van der Waals surface area (Å²) in [5, 5.41) is 0.758. The van der Waals surface area contributed by atoms with E-state index in [9.17, 15) is 14.0 Å². The predicted octanol–water partition coefficient (Wildman–Crippen LogP) is 1.43. The van der Waals surface area contributed by atoms with Crippen LogP contribution in [0.1, 0.15) is 20.9 Å². The number of amides is 2. The van der Waals surface area contributed by atoms with Crippen molar-refractivity contribution in [3.05, 3.63) is 46.2 Å². The molecule has 1 fully saturated rings. The fraction of sp³-hybridized carbons (Fsp3) is 0.353. The first-order valence-corrected chi connectivity index (χ1v) is 8.99. The average molecular weight is 378 g/mol. The summed E-state index contributed by atoms with van der Waals surface area (Å²) in [6.45, 7) is 4.47. The van der Waals surface area contributed by atoms with E-state index in [0.29, 0.717) is 23.8 Å². The van der Waals surface area contributed by atoms with Gasteiger partial charge in [-0.1, -0.05) is 29.5 Å². The lowest BCUT2D eigenvalue weighted by atomic mass is 10.1. The van der Waals surface area contributed by atoms with Crippen LogP contribution < -0.4 is 15.8 Å². The SMILES string of the molecule is Cc1nc(N2CCOCC2)sc1C(=O)NNC(=O)Cc1ccccc1F. The van der Waals surface area contributed by atoms with Gasteiger partial charge in [0.15, 0.2) is 5.13 Å². The second-order valence-corrected chi connectivity index (χ2v) is 6.76. The first-order valence-electron chi connectivity index (χ1n) is 8.17. The number of nitrogens with zero attached hydrogens (tertiary/aromatic N) is 2. The van der Waals surface area contributed by atoms with E-state index in [4.69, 9.17) is 4.74 Å². The Hall–Kier alpha value is -2.52. The highest BCUT2D eigenvalue weighted by atomic mass is 32.1. The van der Waals surface area contributed by atoms with Gasteiger partial charge in [-0.25, -0.2) is 9.37 Å². The zero-order valence-electron chi connectivity index (χ0n) is 14.3. The zero-order valence-corrected chi connectivity index (χ0v) is 15.1. The highest BCUT2D eigenvalue weighted by Crippen LogP contribution is 2.26. The van der Waals surface area contributed by atoms with Crippen LogP contribution in [0.2, 0.25) is 0 Å². The molecule has 2 amide bonds. The number of ether oxygens (including phenoxy) is 1. The van der Waals surface area contributed by atoms with E-state index in [1.165, 1.54) is 23.5 Å². The van der Waals surface area contributed by atoms with Crippen molar-refractivity contribution in [1.82, 2.24) is 15.8 Å². The molecule has 1 aromatic carbocycles. The minimum absolute atomic E-state index is 0.159. The minimum Gasteiger partial charge on any atom is -0.378 e. The molecule has 9 heteroatoms. The number of hydrazine groups is 1. The maximum Gasteiger partial charge on any atom is 0.281 e. The maximum atomic E-state index is 13.6. The number of hydrogen-bond acceptors (Lipinski definition) is 6. The lowest BCUT2D eigenvalue weighted by Crippen LogP contribution is -2.42. The molecule has 1 aliphatic heterocycles. The van der Waals surface area contributed by atoms with Crippen LogP contribution in [-0.2, 0) is 16.0 Å². The Balaban J connectivity index is 1.57. The van der Waals surface area contributed by atoms with Gasteiger partial charge in [0.2, 0.25) is 5.91 Å². The molecular formula is C17H19FN4O3S. The second-order valence-electron chi connectivity index (χ2n) is 5.78. The molecule has 0 radical (unpaired) electrons. The number of thiazole rings is 1. The zero-order chi connectivity index (χ0) is 18.5. The molecule has 0 atom stereocenters. The molecule has 1 saturated heterocycles. The molecule has 0 bridgehead atoms. The number of morpholine rings is 1. The van der Waals surface area contributed by atoms with Crippen LogP contribution >= 0.6 is 11.3 Å². The minimum atomic E-state index is -0.501. The first-order chi connectivity index (χ1) is 12.5. The Morgan fingerprint density at radius 3 is 2.73 bits per heavy atom. The standard InChI is InChI=1S/C17H19FN4O3S/c1-11-15(26-17(19-11)22-6-8-25-9-7-22)16(24)21-20-14(23)10-12-4-2-3-5-13(12)18/h2-5H,6-10H2,1H3,(H,20,23)(H,21,24). The molecule has 1 aromatic heterocycles. The quantitative estimate of drug-likeness (QED) is 0.787. The Bertz CT molecular complexity index is 805. The van der Waals surface area contributed by atoms with Gasteiger partial charge in [0.25, 0.3) is 5.91 Å². The molecule has 3 rings (SSSR count). The van der Waals surface area contributed by atoms with Crippen LogP contribution in [0.5, 0.6) is 0 Å². The second kappa shape index (κ2) is 8.24. The van der Waals surface area contributed by atoms with Crippen molar-refractivity contribution in [2.24, 2.45) is 0 Å². The van der Waals surface area contributed by atoms with Crippen LogP contribution in [0.4, 0.5) is 9.52 Å². The first kappa shape index (κ1) is 18.3. The van der Waals surface area contributed by atoms with Gasteiger partial charge in [0.05, 0.1) is 25.3 Å². The molecule has 0 saturated carbocycles. The molecule has 2 heterocycles. The number of carbonyl (C=O) groups excluding carboxylic acids is 2. The van der Waals surface area contributed by atoms with Gasteiger partial charge in [-0.15, -0.1) is 0 Å². The van der Waals surface area contributed by atoms with E-state index in [1.807, 2.05) is 0 Å². The summed E-state index contributed by atoms with van der Waals surface area (Å²) in [6.07, 6.45) is -0.159. The summed E-state index contributed by atoms with van der Waals surface area (Å²) in [6, 6.07) is 6.02. The largest absolute Gasteiger partial charge is 0.378 e. The van der Waals surface area contributed by atoms with Gasteiger partial charge < -0.3 is 9.64 Å². The number of rotatable bonds is 4. The third-order valence-corrected chi connectivity index (χ3v) is 5.11. The predicted molar refractivity (Wildman–Crippen MR) is 95.6 cm³/mol. The molecular weight excluding hydrogens is 359 g/mol. The topological polar surface area (TPSA) is 83.6 Å². The molecule has 0 unspecified atom stereocenters. The van der Waals surface area contributed by atoms with Crippen molar-refractivity contribution in [1.29, 1.82) is 0 Å². The van der Waals surface area contributed by atoms with Gasteiger partial charge >= 0.3 is 0 Å². The van der Waals surface area contributed by atoms with Crippen LogP contribution in [-0.4, -0.2) is 43.1 Å². The fourth-order valence-electron chi connectivity index (χ4n) is 2.52. The smallest absolute Gasteiger partial charge is 0.281 e. The Morgan fingerprint density at radius 2 is 2.00 bits per heavy atom. The summed E-state index contributed by atoms with van der Waals surface area (Å²) in [5.41, 5.74) is 5.54. The van der Waals surface area contributed by atoms with Crippen LogP contribution in [0, 0.1) is 12.7 Å². The van der Waals surface area contributed by atoms with E-state index in [0.717, 1.165) is 18.2 Å². The number of carbonyl (C=O) groups is 2. The van der Waals surface area contributed by atoms with Crippen molar-refractivity contribution in [2.45, 2.75) is 13.3 Å². The van der Waals surface area contributed by atoms with E-state index in [2.05, 4.69) is 20.7 Å². The summed E-state index contributed by atoms with van der Waals surface area (Å²) < 4.78 is 18.9. The molecule has 0 aliphatic carbocycles. The maximum absolute atomic E-state index is 13.6. The van der Waals surface area contributed by atoms with Crippen LogP contribution in [0.3, 0.4) is 0 Å². The summed E-state index contributed by atoms with van der Waals surface area (Å²) in [7, 11) is 0. The Morgan fingerprint density at radius 1 is 1.27 bits per heavy atom. The molecule has 138 valence electrons. The molecule has 7 nitrogen and oxygen atoms in total. The molecule has 1 aliphatic rings. The van der Waals surface area contributed by atoms with E-state index in [-0.39, 0.29) is 12.0 Å². The van der Waals surface area contributed by atoms with Crippen LogP contribution in [0.15, 0.2) is 24.3 Å². The lowest BCUT2D eigenvalue weighted by molar-refractivity contribution is -0.121. The van der Waals surface area contributed by atoms with Gasteiger partial charge in [-0.3, -0.25) is 20.4 Å². The normalized spacial score (nSPS) is 14.2. The van der Waals surface area contributed by atoms with Gasteiger partial charge in [-0.05, 0) is 18.6 Å². The monoisotopic (exact) mass is 378 g/mol. The van der Waals surface area contributed by atoms with E-state index >= 15 is 0 Å². The van der Waals surface area contributed by atoms with Crippen molar-refractivity contribution >= 4 is 28.3 Å². The van der Waals surface area contributed by atoms with Crippen molar-refractivity contribution in [2.75, 3.05) is 31.2 Å². The van der Waals surface area contributed by atoms with Gasteiger partial charge in [0.1, 0.15) is 10.7 Å². The van der Waals surface area contributed by atoms with Crippen molar-refractivity contribution < 1.29 is 18.7 Å². The third kappa shape index (κ3) is 4.36. The molecule has 26 heavy (non-hydrogen) atoms. The Kier molecular flexibility index (Phi) is 5.79. The number of anilines is 1. The molecule has 2 aromatic rings. The lowest BCUT2D eigenvalue weighted by Gasteiger charge is -2.25. The highest BCUT2D eigenvalue weighted by Gasteiger charge is 2.20. The highest BCUT2D eigenvalue weighted by molar-refractivity contribution is 7.17. The number of nitrogens with one attached hydrogen (secondary N) is 2. The number of halogens is 1. The van der Waals surface area contributed by atoms with Crippen LogP contribution in [0.25, 0.3) is 0 Å². The van der Waals surface area contributed by atoms with E-state index < -0.39 is 17.6 Å². The summed E-state index contributed by atoms with van der Waals surface area (Å²) in [4.78, 5) is 31.1. The van der Waals surface area contributed by atoms with Gasteiger partial charge in [-0.2, -0.15) is 0 Å². The van der Waals surface area contributed by atoms with E-state index in [1.54, 1.807) is 19.1 Å². The average Bonchev–Trinajstić information content (AvgIpc) is 3.04. The molecule has 2 N–H and O–H groups in total.